The predicted molar refractivity (Wildman–Crippen MR) is 204 cm³/mol. The zero-order valence-electron chi connectivity index (χ0n) is 26.5. The molecule has 10 aromatic rings. The van der Waals surface area contributed by atoms with Gasteiger partial charge in [-0.2, -0.15) is 0 Å². The highest BCUT2D eigenvalue weighted by atomic mass is 16.3. The lowest BCUT2D eigenvalue weighted by molar-refractivity contribution is 0.669. The molecule has 0 aliphatic rings. The van der Waals surface area contributed by atoms with Gasteiger partial charge in [0, 0.05) is 38.5 Å². The highest BCUT2D eigenvalue weighted by molar-refractivity contribution is 6.14. The zero-order chi connectivity index (χ0) is 32.3. The highest BCUT2D eigenvalue weighted by Gasteiger charge is 2.22. The second-order valence-corrected chi connectivity index (χ2v) is 12.5. The summed E-state index contributed by atoms with van der Waals surface area (Å²) in [4.78, 5) is 2.32. The number of anilines is 3. The molecule has 0 saturated heterocycles. The molecule has 10 rings (SSSR count). The molecule has 2 heterocycles. The van der Waals surface area contributed by atoms with Gasteiger partial charge in [0.05, 0.1) is 5.69 Å². The first-order valence-corrected chi connectivity index (χ1v) is 16.6. The molecule has 0 fully saturated rings. The van der Waals surface area contributed by atoms with Crippen molar-refractivity contribution in [2.75, 3.05) is 4.90 Å². The van der Waals surface area contributed by atoms with Crippen LogP contribution in [0.1, 0.15) is 0 Å². The Balaban J connectivity index is 1.21. The van der Waals surface area contributed by atoms with Gasteiger partial charge in [-0.3, -0.25) is 0 Å². The third kappa shape index (κ3) is 4.51. The van der Waals surface area contributed by atoms with Gasteiger partial charge >= 0.3 is 0 Å². The minimum absolute atomic E-state index is 0.845. The largest absolute Gasteiger partial charge is 0.456 e. The molecule has 49 heavy (non-hydrogen) atoms. The van der Waals surface area contributed by atoms with E-state index in [1.165, 1.54) is 21.9 Å². The maximum Gasteiger partial charge on any atom is 0.159 e. The molecular formula is C46H29NO2. The molecule has 0 saturated carbocycles. The minimum Gasteiger partial charge on any atom is -0.456 e. The summed E-state index contributed by atoms with van der Waals surface area (Å²) in [6.07, 6.45) is 0. The number of hydrogen-bond acceptors (Lipinski definition) is 3. The van der Waals surface area contributed by atoms with Gasteiger partial charge in [0.15, 0.2) is 5.58 Å². The smallest absolute Gasteiger partial charge is 0.159 e. The van der Waals surface area contributed by atoms with Crippen molar-refractivity contribution in [3.8, 4) is 22.3 Å². The molecule has 0 bridgehead atoms. The van der Waals surface area contributed by atoms with Crippen molar-refractivity contribution < 1.29 is 8.83 Å². The summed E-state index contributed by atoms with van der Waals surface area (Å²) >= 11 is 0. The Kier molecular flexibility index (Phi) is 6.18. The van der Waals surface area contributed by atoms with Gasteiger partial charge in [0.2, 0.25) is 0 Å². The summed E-state index contributed by atoms with van der Waals surface area (Å²) in [6, 6.07) is 62.0. The average Bonchev–Trinajstić information content (AvgIpc) is 3.74. The summed E-state index contributed by atoms with van der Waals surface area (Å²) in [5, 5.41) is 6.71. The second kappa shape index (κ2) is 11.0. The molecule has 0 N–H and O–H groups in total. The van der Waals surface area contributed by atoms with Gasteiger partial charge in [-0.15, -0.1) is 0 Å². The topological polar surface area (TPSA) is 29.5 Å². The van der Waals surface area contributed by atoms with Gasteiger partial charge in [-0.1, -0.05) is 127 Å². The van der Waals surface area contributed by atoms with Crippen molar-refractivity contribution >= 4 is 71.7 Å². The van der Waals surface area contributed by atoms with Crippen LogP contribution in [0.15, 0.2) is 185 Å². The van der Waals surface area contributed by atoms with Crippen LogP contribution >= 0.6 is 0 Å². The standard InChI is InChI=1S/C46H29NO2/c1-3-11-30(12-4-1)32-21-22-34-28-35(24-23-33(34)27-32)47(36-25-26-44-41(29-36)38-15-7-8-20-43(38)48-44)42-19-10-18-40-39-17-9-16-37(45(39)49-46(40)42)31-13-5-2-6-14-31/h1-29H. The van der Waals surface area contributed by atoms with Crippen LogP contribution in [-0.2, 0) is 0 Å². The van der Waals surface area contributed by atoms with Crippen molar-refractivity contribution in [2.45, 2.75) is 0 Å². The first kappa shape index (κ1) is 27.5. The molecule has 2 aromatic heterocycles. The van der Waals surface area contributed by atoms with Crippen LogP contribution in [0.4, 0.5) is 17.1 Å². The van der Waals surface area contributed by atoms with Crippen molar-refractivity contribution in [3.63, 3.8) is 0 Å². The van der Waals surface area contributed by atoms with E-state index in [-0.39, 0.29) is 0 Å². The van der Waals surface area contributed by atoms with E-state index in [2.05, 4.69) is 163 Å². The zero-order valence-corrected chi connectivity index (χ0v) is 26.5. The van der Waals surface area contributed by atoms with Crippen LogP contribution in [0.2, 0.25) is 0 Å². The van der Waals surface area contributed by atoms with Crippen LogP contribution in [0.5, 0.6) is 0 Å². The van der Waals surface area contributed by atoms with Crippen LogP contribution in [-0.4, -0.2) is 0 Å². The number of benzene rings is 8. The number of rotatable bonds is 5. The van der Waals surface area contributed by atoms with Gasteiger partial charge in [0.1, 0.15) is 16.7 Å². The Morgan fingerprint density at radius 1 is 0.347 bits per heavy atom. The van der Waals surface area contributed by atoms with Gasteiger partial charge < -0.3 is 13.7 Å². The Hall–Kier alpha value is -6.58. The van der Waals surface area contributed by atoms with Crippen LogP contribution in [0.25, 0.3) is 76.9 Å². The van der Waals surface area contributed by atoms with E-state index in [0.29, 0.717) is 0 Å². The van der Waals surface area contributed by atoms with Gasteiger partial charge in [0.25, 0.3) is 0 Å². The SMILES string of the molecule is c1ccc(-c2ccc3cc(N(c4ccc5oc6ccccc6c5c4)c4cccc5c4oc4c(-c6ccccc6)cccc45)ccc3c2)cc1. The molecule has 0 spiro atoms. The van der Waals surface area contributed by atoms with Crippen molar-refractivity contribution in [2.24, 2.45) is 0 Å². The third-order valence-corrected chi connectivity index (χ3v) is 9.64. The predicted octanol–water partition coefficient (Wildman–Crippen LogP) is 13.4. The fourth-order valence-electron chi connectivity index (χ4n) is 7.29. The Labute approximate surface area is 282 Å². The second-order valence-electron chi connectivity index (χ2n) is 12.5. The summed E-state index contributed by atoms with van der Waals surface area (Å²) in [5.41, 5.74) is 11.2. The average molecular weight is 628 g/mol. The van der Waals surface area contributed by atoms with Crippen molar-refractivity contribution in [1.82, 2.24) is 0 Å². The van der Waals surface area contributed by atoms with E-state index in [4.69, 9.17) is 8.83 Å². The number of fused-ring (bicyclic) bond motifs is 7. The third-order valence-electron chi connectivity index (χ3n) is 9.64. The molecule has 0 atom stereocenters. The number of nitrogens with zero attached hydrogens (tertiary/aromatic N) is 1. The quantitative estimate of drug-likeness (QED) is 0.190. The first-order chi connectivity index (χ1) is 24.3. The Morgan fingerprint density at radius 3 is 1.84 bits per heavy atom. The normalized spacial score (nSPS) is 11.7. The maximum atomic E-state index is 6.93. The Morgan fingerprint density at radius 2 is 0.980 bits per heavy atom. The lowest BCUT2D eigenvalue weighted by Gasteiger charge is -2.26. The lowest BCUT2D eigenvalue weighted by Crippen LogP contribution is -2.10. The van der Waals surface area contributed by atoms with E-state index >= 15 is 0 Å². The van der Waals surface area contributed by atoms with E-state index in [9.17, 15) is 0 Å². The molecule has 8 aromatic carbocycles. The van der Waals surface area contributed by atoms with Crippen molar-refractivity contribution in [1.29, 1.82) is 0 Å². The minimum atomic E-state index is 0.845. The van der Waals surface area contributed by atoms with Crippen LogP contribution in [0.3, 0.4) is 0 Å². The van der Waals surface area contributed by atoms with E-state index in [1.807, 2.05) is 18.2 Å². The molecule has 0 radical (unpaired) electrons. The molecule has 3 nitrogen and oxygen atoms in total. The number of para-hydroxylation sites is 3. The Bertz CT molecular complexity index is 2830. The summed E-state index contributed by atoms with van der Waals surface area (Å²) in [7, 11) is 0. The van der Waals surface area contributed by atoms with Crippen molar-refractivity contribution in [3.05, 3.63) is 176 Å². The fourth-order valence-corrected chi connectivity index (χ4v) is 7.29. The summed E-state index contributed by atoms with van der Waals surface area (Å²) < 4.78 is 13.2. The van der Waals surface area contributed by atoms with Gasteiger partial charge in [-0.05, 0) is 76.0 Å². The monoisotopic (exact) mass is 627 g/mol. The maximum absolute atomic E-state index is 6.93. The molecule has 0 aliphatic carbocycles. The molecular weight excluding hydrogens is 599 g/mol. The van der Waals surface area contributed by atoms with Crippen LogP contribution in [0, 0.1) is 0 Å². The number of furan rings is 2. The molecule has 0 unspecified atom stereocenters. The summed E-state index contributed by atoms with van der Waals surface area (Å²) in [6.45, 7) is 0. The number of hydrogen-bond donors (Lipinski definition) is 0. The molecule has 3 heteroatoms. The van der Waals surface area contributed by atoms with Crippen LogP contribution < -0.4 is 4.90 Å². The molecule has 0 amide bonds. The summed E-state index contributed by atoms with van der Waals surface area (Å²) in [5.74, 6) is 0. The first-order valence-electron chi connectivity index (χ1n) is 16.6. The molecule has 230 valence electrons. The molecule has 0 aliphatic heterocycles. The van der Waals surface area contributed by atoms with Gasteiger partial charge in [-0.25, -0.2) is 0 Å². The lowest BCUT2D eigenvalue weighted by atomic mass is 10.0. The highest BCUT2D eigenvalue weighted by Crippen LogP contribution is 2.45. The fraction of sp³-hybridized carbons (Fsp3) is 0. The van der Waals surface area contributed by atoms with E-state index < -0.39 is 0 Å². The van der Waals surface area contributed by atoms with E-state index in [1.54, 1.807) is 0 Å². The van der Waals surface area contributed by atoms with E-state index in [0.717, 1.165) is 72.1 Å².